The van der Waals surface area contributed by atoms with E-state index in [1.165, 1.54) is 5.56 Å². The lowest BCUT2D eigenvalue weighted by molar-refractivity contribution is 0.0520. The van der Waals surface area contributed by atoms with Crippen molar-refractivity contribution in [2.45, 2.75) is 32.3 Å². The number of aromatic nitrogens is 1. The molecule has 0 amide bonds. The van der Waals surface area contributed by atoms with Crippen LogP contribution in [-0.4, -0.2) is 17.6 Å². The smallest absolute Gasteiger partial charge is 0.356 e. The second-order valence-electron chi connectivity index (χ2n) is 6.54. The van der Waals surface area contributed by atoms with Gasteiger partial charge in [0.05, 0.1) is 12.1 Å². The zero-order valence-electron chi connectivity index (χ0n) is 14.8. The number of nitrogens with zero attached hydrogens (tertiary/aromatic N) is 1. The fraction of sp³-hybridized carbons (Fsp3) is 0.273. The molecule has 0 atom stereocenters. The van der Waals surface area contributed by atoms with Gasteiger partial charge in [0.15, 0.2) is 0 Å². The Bertz CT molecular complexity index is 933. The van der Waals surface area contributed by atoms with Gasteiger partial charge in [0.25, 0.3) is 0 Å². The first kappa shape index (κ1) is 16.6. The summed E-state index contributed by atoms with van der Waals surface area (Å²) < 4.78 is 11.1. The highest BCUT2D eigenvalue weighted by atomic mass is 16.5. The van der Waals surface area contributed by atoms with Crippen molar-refractivity contribution < 1.29 is 14.3 Å². The zero-order valence-corrected chi connectivity index (χ0v) is 14.8. The van der Waals surface area contributed by atoms with E-state index in [-0.39, 0.29) is 5.97 Å². The van der Waals surface area contributed by atoms with Crippen LogP contribution in [0.1, 0.15) is 47.3 Å². The Labute approximate surface area is 152 Å². The third-order valence-corrected chi connectivity index (χ3v) is 4.56. The van der Waals surface area contributed by atoms with Crippen LogP contribution in [0.5, 0.6) is 5.75 Å². The topological polar surface area (TPSA) is 48.4 Å². The molecule has 1 heterocycles. The Balaban J connectivity index is 1.65. The van der Waals surface area contributed by atoms with Gasteiger partial charge in [-0.25, -0.2) is 9.78 Å². The Kier molecular flexibility index (Phi) is 4.57. The molecular formula is C22H21NO3. The van der Waals surface area contributed by atoms with Gasteiger partial charge in [0.2, 0.25) is 0 Å². The highest BCUT2D eigenvalue weighted by Gasteiger charge is 2.27. The van der Waals surface area contributed by atoms with Crippen LogP contribution in [0.3, 0.4) is 0 Å². The van der Waals surface area contributed by atoms with E-state index in [9.17, 15) is 4.79 Å². The number of rotatable bonds is 6. The number of hydrogen-bond acceptors (Lipinski definition) is 4. The predicted octanol–water partition coefficient (Wildman–Crippen LogP) is 4.87. The first-order valence-electron chi connectivity index (χ1n) is 9.03. The average molecular weight is 347 g/mol. The molecule has 1 aliphatic rings. The fourth-order valence-electron chi connectivity index (χ4n) is 3.10. The standard InChI is InChI=1S/C22H21NO3/c1-2-25-22(24)21-13-18(16-8-9-16)19-12-17(10-11-20(19)23-21)26-14-15-6-4-3-5-7-15/h3-7,10-13,16H,2,8-9,14H2,1H3. The van der Waals surface area contributed by atoms with Crippen molar-refractivity contribution in [3.05, 3.63) is 71.4 Å². The molecule has 0 bridgehead atoms. The molecule has 26 heavy (non-hydrogen) atoms. The van der Waals surface area contributed by atoms with Gasteiger partial charge in [-0.1, -0.05) is 30.3 Å². The van der Waals surface area contributed by atoms with E-state index >= 15 is 0 Å². The van der Waals surface area contributed by atoms with Crippen LogP contribution in [0, 0.1) is 0 Å². The van der Waals surface area contributed by atoms with Crippen molar-refractivity contribution in [2.75, 3.05) is 6.61 Å². The molecule has 0 aliphatic heterocycles. The molecule has 1 saturated carbocycles. The van der Waals surface area contributed by atoms with Crippen LogP contribution in [0.2, 0.25) is 0 Å². The van der Waals surface area contributed by atoms with Crippen molar-refractivity contribution in [2.24, 2.45) is 0 Å². The van der Waals surface area contributed by atoms with Gasteiger partial charge < -0.3 is 9.47 Å². The minimum Gasteiger partial charge on any atom is -0.489 e. The number of fused-ring (bicyclic) bond motifs is 1. The summed E-state index contributed by atoms with van der Waals surface area (Å²) in [6.07, 6.45) is 2.30. The predicted molar refractivity (Wildman–Crippen MR) is 100 cm³/mol. The first-order chi connectivity index (χ1) is 12.7. The molecule has 4 heteroatoms. The first-order valence-corrected chi connectivity index (χ1v) is 9.03. The third-order valence-electron chi connectivity index (χ3n) is 4.56. The van der Waals surface area contributed by atoms with E-state index in [1.54, 1.807) is 6.92 Å². The van der Waals surface area contributed by atoms with Gasteiger partial charge >= 0.3 is 5.97 Å². The summed E-state index contributed by atoms with van der Waals surface area (Å²) in [5.41, 5.74) is 3.50. The molecule has 0 radical (unpaired) electrons. The third kappa shape index (κ3) is 3.54. The van der Waals surface area contributed by atoms with Gasteiger partial charge in [0, 0.05) is 5.39 Å². The molecule has 132 valence electrons. The number of hydrogen-bond donors (Lipinski definition) is 0. The highest BCUT2D eigenvalue weighted by molar-refractivity contribution is 5.93. The van der Waals surface area contributed by atoms with Crippen molar-refractivity contribution in [3.8, 4) is 5.75 Å². The summed E-state index contributed by atoms with van der Waals surface area (Å²) in [6.45, 7) is 2.68. The lowest BCUT2D eigenvalue weighted by atomic mass is 10.0. The number of benzene rings is 2. The fourth-order valence-corrected chi connectivity index (χ4v) is 3.10. The second-order valence-corrected chi connectivity index (χ2v) is 6.54. The molecule has 4 nitrogen and oxygen atoms in total. The van der Waals surface area contributed by atoms with Crippen LogP contribution in [0.4, 0.5) is 0 Å². The normalized spacial score (nSPS) is 13.6. The molecule has 2 aromatic carbocycles. The lowest BCUT2D eigenvalue weighted by Crippen LogP contribution is -2.08. The molecule has 0 saturated heterocycles. The zero-order chi connectivity index (χ0) is 17.9. The van der Waals surface area contributed by atoms with Crippen molar-refractivity contribution in [1.29, 1.82) is 0 Å². The van der Waals surface area contributed by atoms with E-state index in [1.807, 2.05) is 54.6 Å². The lowest BCUT2D eigenvalue weighted by Gasteiger charge is -2.11. The van der Waals surface area contributed by atoms with E-state index in [2.05, 4.69) is 4.98 Å². The molecular weight excluding hydrogens is 326 g/mol. The van der Waals surface area contributed by atoms with E-state index in [0.29, 0.717) is 24.8 Å². The SMILES string of the molecule is CCOC(=O)c1cc(C2CC2)c2cc(OCc3ccccc3)ccc2n1. The quantitative estimate of drug-likeness (QED) is 0.597. The van der Waals surface area contributed by atoms with Crippen LogP contribution >= 0.6 is 0 Å². The number of esters is 1. The van der Waals surface area contributed by atoms with Gasteiger partial charge in [-0.3, -0.25) is 0 Å². The maximum absolute atomic E-state index is 12.1. The van der Waals surface area contributed by atoms with Crippen LogP contribution in [-0.2, 0) is 11.3 Å². The van der Waals surface area contributed by atoms with Crippen molar-refractivity contribution in [3.63, 3.8) is 0 Å². The van der Waals surface area contributed by atoms with Crippen LogP contribution in [0.15, 0.2) is 54.6 Å². The summed E-state index contributed by atoms with van der Waals surface area (Å²) in [4.78, 5) is 16.6. The van der Waals surface area contributed by atoms with Gasteiger partial charge in [-0.05, 0) is 61.1 Å². The minimum atomic E-state index is -0.360. The molecule has 1 aromatic heterocycles. The Morgan fingerprint density at radius 2 is 1.92 bits per heavy atom. The average Bonchev–Trinajstić information content (AvgIpc) is 3.51. The van der Waals surface area contributed by atoms with Crippen molar-refractivity contribution >= 4 is 16.9 Å². The maximum atomic E-state index is 12.1. The number of carbonyl (C=O) groups is 1. The summed E-state index contributed by atoms with van der Waals surface area (Å²) in [7, 11) is 0. The van der Waals surface area contributed by atoms with Gasteiger partial charge in [-0.15, -0.1) is 0 Å². The summed E-state index contributed by atoms with van der Waals surface area (Å²) in [6, 6.07) is 17.8. The summed E-state index contributed by atoms with van der Waals surface area (Å²) >= 11 is 0. The highest BCUT2D eigenvalue weighted by Crippen LogP contribution is 2.43. The Morgan fingerprint density at radius 3 is 2.65 bits per heavy atom. The molecule has 1 aliphatic carbocycles. The minimum absolute atomic E-state index is 0.351. The van der Waals surface area contributed by atoms with Gasteiger partial charge in [-0.2, -0.15) is 0 Å². The van der Waals surface area contributed by atoms with E-state index in [4.69, 9.17) is 9.47 Å². The Hall–Kier alpha value is -2.88. The number of carbonyl (C=O) groups excluding carboxylic acids is 1. The summed E-state index contributed by atoms with van der Waals surface area (Å²) in [5, 5.41) is 1.06. The summed E-state index contributed by atoms with van der Waals surface area (Å²) in [5.74, 6) is 0.952. The molecule has 0 unspecified atom stereocenters. The molecule has 4 rings (SSSR count). The van der Waals surface area contributed by atoms with E-state index < -0.39 is 0 Å². The molecule has 0 spiro atoms. The van der Waals surface area contributed by atoms with Crippen LogP contribution in [0.25, 0.3) is 10.9 Å². The Morgan fingerprint density at radius 1 is 1.12 bits per heavy atom. The largest absolute Gasteiger partial charge is 0.489 e. The van der Waals surface area contributed by atoms with E-state index in [0.717, 1.165) is 35.1 Å². The second kappa shape index (κ2) is 7.16. The number of ether oxygens (including phenoxy) is 2. The maximum Gasteiger partial charge on any atom is 0.356 e. The van der Waals surface area contributed by atoms with Crippen LogP contribution < -0.4 is 4.74 Å². The molecule has 1 fully saturated rings. The molecule has 3 aromatic rings. The number of pyridine rings is 1. The van der Waals surface area contributed by atoms with Crippen molar-refractivity contribution in [1.82, 2.24) is 4.98 Å². The molecule has 0 N–H and O–H groups in total. The monoisotopic (exact) mass is 347 g/mol. The van der Waals surface area contributed by atoms with Gasteiger partial charge in [0.1, 0.15) is 18.1 Å².